The number of carboxylic acid groups (broad SMARTS) is 1. The van der Waals surface area contributed by atoms with E-state index in [4.69, 9.17) is 26.0 Å². The van der Waals surface area contributed by atoms with Gasteiger partial charge in [0.2, 0.25) is 5.89 Å². The molecule has 2 heterocycles. The predicted molar refractivity (Wildman–Crippen MR) is 101 cm³/mol. The van der Waals surface area contributed by atoms with Crippen molar-refractivity contribution in [3.05, 3.63) is 46.6 Å². The van der Waals surface area contributed by atoms with E-state index in [1.165, 1.54) is 32.4 Å². The van der Waals surface area contributed by atoms with Gasteiger partial charge in [0, 0.05) is 17.9 Å². The predicted octanol–water partition coefficient (Wildman–Crippen LogP) is 4.37. The lowest BCUT2D eigenvalue weighted by molar-refractivity contribution is -0.192. The van der Waals surface area contributed by atoms with Crippen LogP contribution in [0.15, 0.2) is 28.8 Å². The molecule has 3 rings (SSSR count). The third kappa shape index (κ3) is 8.82. The van der Waals surface area contributed by atoms with Crippen LogP contribution in [-0.2, 0) is 17.6 Å². The number of hydrogen-bond acceptors (Lipinski definition) is 5. The third-order valence-corrected chi connectivity index (χ3v) is 4.59. The fourth-order valence-electron chi connectivity index (χ4n) is 2.89. The van der Waals surface area contributed by atoms with Gasteiger partial charge in [0.1, 0.15) is 0 Å². The third-order valence-electron chi connectivity index (χ3n) is 4.34. The molecule has 1 aliphatic heterocycles. The van der Waals surface area contributed by atoms with Crippen LogP contribution in [0.25, 0.3) is 0 Å². The molecular formula is C19H23ClF3N3O3. The van der Waals surface area contributed by atoms with Gasteiger partial charge >= 0.3 is 12.1 Å². The van der Waals surface area contributed by atoms with Crippen molar-refractivity contribution >= 4 is 17.6 Å². The minimum absolute atomic E-state index is 0.687. The molecule has 29 heavy (non-hydrogen) atoms. The van der Waals surface area contributed by atoms with Gasteiger partial charge in [-0.15, -0.1) is 0 Å². The van der Waals surface area contributed by atoms with Crippen molar-refractivity contribution in [3.8, 4) is 0 Å². The summed E-state index contributed by atoms with van der Waals surface area (Å²) in [6.07, 6.45) is 1.62. The Hall–Kier alpha value is -2.13. The number of rotatable bonds is 6. The molecule has 0 spiro atoms. The standard InChI is InChI=1S/C17H22ClN3O.C2HF3O2/c18-15-8-6-14(7-9-15)13-16-19-17(22-20-16)5-4-12-21-10-2-1-3-11-21;3-2(4,5)1(6)7/h6-9H,1-5,10-13H2;(H,6,7). The molecule has 1 saturated heterocycles. The Bertz CT molecular complexity index is 760. The van der Waals surface area contributed by atoms with Gasteiger partial charge in [-0.3, -0.25) is 0 Å². The van der Waals surface area contributed by atoms with Gasteiger partial charge in [-0.1, -0.05) is 35.3 Å². The summed E-state index contributed by atoms with van der Waals surface area (Å²) in [5.41, 5.74) is 1.14. The molecule has 10 heteroatoms. The molecule has 0 aliphatic carbocycles. The molecular weight excluding hydrogens is 411 g/mol. The van der Waals surface area contributed by atoms with E-state index in [1.54, 1.807) is 0 Å². The van der Waals surface area contributed by atoms with E-state index < -0.39 is 12.1 Å². The van der Waals surface area contributed by atoms with Crippen molar-refractivity contribution in [2.45, 2.75) is 44.7 Å². The first-order chi connectivity index (χ1) is 13.7. The number of hydrogen-bond donors (Lipinski definition) is 1. The Balaban J connectivity index is 0.000000370. The number of carbonyl (C=O) groups is 1. The largest absolute Gasteiger partial charge is 0.490 e. The molecule has 6 nitrogen and oxygen atoms in total. The minimum Gasteiger partial charge on any atom is -0.475 e. The fourth-order valence-corrected chi connectivity index (χ4v) is 3.01. The summed E-state index contributed by atoms with van der Waals surface area (Å²) in [5.74, 6) is -1.26. The summed E-state index contributed by atoms with van der Waals surface area (Å²) in [7, 11) is 0. The van der Waals surface area contributed by atoms with Gasteiger partial charge in [-0.05, 0) is 56.6 Å². The monoisotopic (exact) mass is 433 g/mol. The highest BCUT2D eigenvalue weighted by Gasteiger charge is 2.38. The Labute approximate surface area is 171 Å². The molecule has 1 fully saturated rings. The zero-order valence-corrected chi connectivity index (χ0v) is 16.5. The number of alkyl halides is 3. The lowest BCUT2D eigenvalue weighted by Crippen LogP contribution is -2.30. The molecule has 0 bridgehead atoms. The first-order valence-electron chi connectivity index (χ1n) is 9.32. The normalized spacial score (nSPS) is 14.9. The van der Waals surface area contributed by atoms with Crippen molar-refractivity contribution in [2.24, 2.45) is 0 Å². The number of aryl methyl sites for hydroxylation is 1. The highest BCUT2D eigenvalue weighted by molar-refractivity contribution is 6.30. The molecule has 160 valence electrons. The van der Waals surface area contributed by atoms with Gasteiger partial charge in [0.15, 0.2) is 5.82 Å². The minimum atomic E-state index is -5.08. The highest BCUT2D eigenvalue weighted by atomic mass is 35.5. The van der Waals surface area contributed by atoms with Gasteiger partial charge in [-0.25, -0.2) is 4.79 Å². The number of halogens is 4. The number of benzene rings is 1. The van der Waals surface area contributed by atoms with Crippen molar-refractivity contribution in [3.63, 3.8) is 0 Å². The molecule has 0 atom stereocenters. The average molecular weight is 434 g/mol. The molecule has 1 aromatic heterocycles. The number of aliphatic carboxylic acids is 1. The van der Waals surface area contributed by atoms with Crippen LogP contribution in [0.1, 0.15) is 43.0 Å². The molecule has 0 unspecified atom stereocenters. The first kappa shape index (κ1) is 23.2. The van der Waals surface area contributed by atoms with Gasteiger partial charge in [0.25, 0.3) is 0 Å². The number of likely N-dealkylation sites (tertiary alicyclic amines) is 1. The molecule has 0 saturated carbocycles. The number of piperidine rings is 1. The fraction of sp³-hybridized carbons (Fsp3) is 0.526. The highest BCUT2D eigenvalue weighted by Crippen LogP contribution is 2.14. The van der Waals surface area contributed by atoms with Crippen LogP contribution in [0.3, 0.4) is 0 Å². The average Bonchev–Trinajstić information content (AvgIpc) is 3.11. The summed E-state index contributed by atoms with van der Waals surface area (Å²) in [6, 6.07) is 7.76. The second kappa shape index (κ2) is 11.2. The number of aromatic nitrogens is 2. The van der Waals surface area contributed by atoms with Crippen molar-refractivity contribution in [1.82, 2.24) is 15.0 Å². The SMILES string of the molecule is Clc1ccc(Cc2noc(CCCN3CCCCC3)n2)cc1.O=C(O)C(F)(F)F. The van der Waals surface area contributed by atoms with Crippen molar-refractivity contribution in [1.29, 1.82) is 0 Å². The number of carboxylic acids is 1. The van der Waals surface area contributed by atoms with Crippen molar-refractivity contribution in [2.75, 3.05) is 19.6 Å². The second-order valence-electron chi connectivity index (χ2n) is 6.72. The zero-order chi connectivity index (χ0) is 21.3. The summed E-state index contributed by atoms with van der Waals surface area (Å²) < 4.78 is 37.1. The Morgan fingerprint density at radius 1 is 1.17 bits per heavy atom. The van der Waals surface area contributed by atoms with E-state index >= 15 is 0 Å². The van der Waals surface area contributed by atoms with E-state index in [9.17, 15) is 13.2 Å². The van der Waals surface area contributed by atoms with E-state index in [1.807, 2.05) is 24.3 Å². The molecule has 0 amide bonds. The molecule has 1 aliphatic rings. The van der Waals surface area contributed by atoms with Crippen LogP contribution in [0, 0.1) is 0 Å². The Kier molecular flexibility index (Phi) is 8.91. The van der Waals surface area contributed by atoms with Crippen LogP contribution in [0.5, 0.6) is 0 Å². The summed E-state index contributed by atoms with van der Waals surface area (Å²) in [6.45, 7) is 3.62. The molecule has 1 aromatic carbocycles. The van der Waals surface area contributed by atoms with E-state index in [-0.39, 0.29) is 0 Å². The summed E-state index contributed by atoms with van der Waals surface area (Å²) >= 11 is 5.89. The first-order valence-corrected chi connectivity index (χ1v) is 9.70. The Morgan fingerprint density at radius 2 is 1.79 bits per heavy atom. The van der Waals surface area contributed by atoms with Crippen LogP contribution < -0.4 is 0 Å². The Morgan fingerprint density at radius 3 is 2.38 bits per heavy atom. The van der Waals surface area contributed by atoms with E-state index in [0.717, 1.165) is 41.7 Å². The maximum Gasteiger partial charge on any atom is 0.490 e. The molecule has 2 aromatic rings. The lowest BCUT2D eigenvalue weighted by atomic mass is 10.1. The van der Waals surface area contributed by atoms with Crippen LogP contribution in [0.4, 0.5) is 13.2 Å². The molecule has 0 radical (unpaired) electrons. The number of nitrogens with zero attached hydrogens (tertiary/aromatic N) is 3. The van der Waals surface area contributed by atoms with Gasteiger partial charge < -0.3 is 14.5 Å². The quantitative estimate of drug-likeness (QED) is 0.728. The molecule has 1 N–H and O–H groups in total. The summed E-state index contributed by atoms with van der Waals surface area (Å²) in [4.78, 5) is 15.9. The van der Waals surface area contributed by atoms with Crippen LogP contribution in [0.2, 0.25) is 5.02 Å². The zero-order valence-electron chi connectivity index (χ0n) is 15.8. The van der Waals surface area contributed by atoms with Crippen LogP contribution in [-0.4, -0.2) is 51.9 Å². The van der Waals surface area contributed by atoms with Gasteiger partial charge in [0.05, 0.1) is 0 Å². The van der Waals surface area contributed by atoms with E-state index in [2.05, 4.69) is 15.0 Å². The second-order valence-corrected chi connectivity index (χ2v) is 7.15. The summed E-state index contributed by atoms with van der Waals surface area (Å²) in [5, 5.41) is 11.9. The maximum atomic E-state index is 10.6. The van der Waals surface area contributed by atoms with Crippen LogP contribution >= 0.6 is 11.6 Å². The lowest BCUT2D eigenvalue weighted by Gasteiger charge is -2.25. The van der Waals surface area contributed by atoms with Gasteiger partial charge in [-0.2, -0.15) is 18.2 Å². The topological polar surface area (TPSA) is 79.5 Å². The van der Waals surface area contributed by atoms with E-state index in [0.29, 0.717) is 6.42 Å². The van der Waals surface area contributed by atoms with Crippen molar-refractivity contribution < 1.29 is 27.6 Å². The smallest absolute Gasteiger partial charge is 0.475 e. The maximum absolute atomic E-state index is 10.6.